The van der Waals surface area contributed by atoms with Crippen LogP contribution < -0.4 is 21.1 Å². The van der Waals surface area contributed by atoms with Crippen LogP contribution in [0.1, 0.15) is 48.9 Å². The maximum absolute atomic E-state index is 13.4. The molecule has 2 amide bonds. The van der Waals surface area contributed by atoms with Gasteiger partial charge in [-0.15, -0.1) is 0 Å². The third-order valence-corrected chi connectivity index (χ3v) is 7.70. The number of hydrogen-bond donors (Lipinski definition) is 5. The van der Waals surface area contributed by atoms with Crippen molar-refractivity contribution >= 4 is 33.6 Å². The van der Waals surface area contributed by atoms with Crippen molar-refractivity contribution < 1.29 is 14.3 Å². The average molecular weight is 580 g/mol. The van der Waals surface area contributed by atoms with Gasteiger partial charge in [-0.25, -0.2) is 0 Å². The predicted octanol–water partition coefficient (Wildman–Crippen LogP) is 5.52. The monoisotopic (exact) mass is 579 g/mol. The van der Waals surface area contributed by atoms with E-state index in [9.17, 15) is 9.59 Å². The summed E-state index contributed by atoms with van der Waals surface area (Å²) in [6.45, 7) is 1.63. The Morgan fingerprint density at radius 3 is 2.56 bits per heavy atom. The van der Waals surface area contributed by atoms with Crippen LogP contribution in [0.15, 0.2) is 85.1 Å². The first-order chi connectivity index (χ1) is 21.1. The van der Waals surface area contributed by atoms with E-state index >= 15 is 0 Å². The SMILES string of the molecule is NCCCCCCC(=O)NC(Cc1c[nH]c2ccccc12)C(=O)NCCc1cc2ccc(OCc3ccccc3)cc2[nH]1. The van der Waals surface area contributed by atoms with Crippen molar-refractivity contribution in [3.05, 3.63) is 102 Å². The standard InChI is InChI=1S/C35H41N5O3/c36-18-9-2-1-6-14-34(41)40-33(21-27-23-38-31-13-8-7-12-30(27)31)35(42)37-19-17-28-20-26-15-16-29(22-32(26)39-28)43-24-25-10-4-3-5-11-25/h3-5,7-8,10-13,15-16,20,22-23,33,38-39H,1-2,6,9,14,17-19,21,24,36H2,(H,37,42)(H,40,41). The molecule has 0 spiro atoms. The van der Waals surface area contributed by atoms with E-state index in [0.29, 0.717) is 39.0 Å². The fraction of sp³-hybridized carbons (Fsp3) is 0.314. The van der Waals surface area contributed by atoms with E-state index in [2.05, 4.69) is 26.7 Å². The zero-order valence-electron chi connectivity index (χ0n) is 24.5. The number of carbonyl (C=O) groups is 2. The lowest BCUT2D eigenvalue weighted by molar-refractivity contribution is -0.129. The molecule has 5 rings (SSSR count). The molecule has 0 saturated heterocycles. The highest BCUT2D eigenvalue weighted by atomic mass is 16.5. The molecule has 1 atom stereocenters. The van der Waals surface area contributed by atoms with E-state index in [1.54, 1.807) is 0 Å². The Morgan fingerprint density at radius 2 is 1.70 bits per heavy atom. The van der Waals surface area contributed by atoms with Crippen LogP contribution in [0, 0.1) is 0 Å². The second-order valence-corrected chi connectivity index (χ2v) is 11.0. The number of para-hydroxylation sites is 1. The largest absolute Gasteiger partial charge is 0.489 e. The van der Waals surface area contributed by atoms with E-state index in [1.165, 1.54) is 0 Å². The molecule has 0 fully saturated rings. The van der Waals surface area contributed by atoms with Crippen LogP contribution in [-0.2, 0) is 29.0 Å². The number of aromatic amines is 2. The maximum Gasteiger partial charge on any atom is 0.242 e. The van der Waals surface area contributed by atoms with Gasteiger partial charge in [0.25, 0.3) is 0 Å². The minimum Gasteiger partial charge on any atom is -0.489 e. The fourth-order valence-electron chi connectivity index (χ4n) is 5.35. The van der Waals surface area contributed by atoms with Crippen LogP contribution in [0.2, 0.25) is 0 Å². The first-order valence-electron chi connectivity index (χ1n) is 15.2. The van der Waals surface area contributed by atoms with Gasteiger partial charge in [-0.3, -0.25) is 9.59 Å². The number of hydrogen-bond acceptors (Lipinski definition) is 4. The summed E-state index contributed by atoms with van der Waals surface area (Å²) in [5, 5.41) is 8.20. The highest BCUT2D eigenvalue weighted by Gasteiger charge is 2.22. The number of aromatic nitrogens is 2. The van der Waals surface area contributed by atoms with Crippen LogP contribution in [0.4, 0.5) is 0 Å². The Labute approximate surface area is 252 Å². The lowest BCUT2D eigenvalue weighted by Crippen LogP contribution is -2.48. The molecule has 5 aromatic rings. The summed E-state index contributed by atoms with van der Waals surface area (Å²) in [5.41, 5.74) is 10.7. The Kier molecular flexibility index (Phi) is 10.5. The quantitative estimate of drug-likeness (QED) is 0.0987. The van der Waals surface area contributed by atoms with Gasteiger partial charge >= 0.3 is 0 Å². The Hall–Kier alpha value is -4.56. The van der Waals surface area contributed by atoms with Crippen LogP contribution in [0.25, 0.3) is 21.8 Å². The fourth-order valence-corrected chi connectivity index (χ4v) is 5.35. The summed E-state index contributed by atoms with van der Waals surface area (Å²) in [4.78, 5) is 32.9. The third kappa shape index (κ3) is 8.49. The summed E-state index contributed by atoms with van der Waals surface area (Å²) in [7, 11) is 0. The van der Waals surface area contributed by atoms with Crippen LogP contribution in [-0.4, -0.2) is 40.9 Å². The molecule has 8 heteroatoms. The number of carbonyl (C=O) groups excluding carboxylic acids is 2. The number of nitrogens with two attached hydrogens (primary N) is 1. The van der Waals surface area contributed by atoms with E-state index in [0.717, 1.165) is 70.1 Å². The molecule has 1 unspecified atom stereocenters. The maximum atomic E-state index is 13.4. The molecule has 2 heterocycles. The van der Waals surface area contributed by atoms with Gasteiger partial charge in [0.05, 0.1) is 0 Å². The normalized spacial score (nSPS) is 11.9. The van der Waals surface area contributed by atoms with E-state index in [-0.39, 0.29) is 11.8 Å². The van der Waals surface area contributed by atoms with Crippen molar-refractivity contribution in [2.24, 2.45) is 5.73 Å². The van der Waals surface area contributed by atoms with Gasteiger partial charge in [0.2, 0.25) is 11.8 Å². The molecule has 0 aliphatic carbocycles. The molecule has 8 nitrogen and oxygen atoms in total. The molecule has 0 aliphatic rings. The van der Waals surface area contributed by atoms with E-state index in [1.807, 2.05) is 79.0 Å². The smallest absolute Gasteiger partial charge is 0.242 e. The average Bonchev–Trinajstić information content (AvgIpc) is 3.63. The van der Waals surface area contributed by atoms with Crippen molar-refractivity contribution in [2.75, 3.05) is 13.1 Å². The number of benzene rings is 3. The minimum absolute atomic E-state index is 0.103. The zero-order chi connectivity index (χ0) is 29.9. The number of fused-ring (bicyclic) bond motifs is 2. The molecule has 0 radical (unpaired) electrons. The Morgan fingerprint density at radius 1 is 0.884 bits per heavy atom. The zero-order valence-corrected chi connectivity index (χ0v) is 24.5. The van der Waals surface area contributed by atoms with E-state index in [4.69, 9.17) is 10.5 Å². The van der Waals surface area contributed by atoms with E-state index < -0.39 is 6.04 Å². The lowest BCUT2D eigenvalue weighted by Gasteiger charge is -2.18. The number of unbranched alkanes of at least 4 members (excludes halogenated alkanes) is 3. The minimum atomic E-state index is -0.664. The highest BCUT2D eigenvalue weighted by molar-refractivity contribution is 5.89. The molecule has 6 N–H and O–H groups in total. The van der Waals surface area contributed by atoms with Crippen LogP contribution in [0.3, 0.4) is 0 Å². The van der Waals surface area contributed by atoms with Gasteiger partial charge in [0.15, 0.2) is 0 Å². The summed E-state index contributed by atoms with van der Waals surface area (Å²) >= 11 is 0. The number of ether oxygens (including phenoxy) is 1. The van der Waals surface area contributed by atoms with Gasteiger partial charge in [0, 0.05) is 60.2 Å². The molecule has 2 aromatic heterocycles. The molecule has 0 bridgehead atoms. The van der Waals surface area contributed by atoms with Crippen LogP contribution >= 0.6 is 0 Å². The van der Waals surface area contributed by atoms with Gasteiger partial charge in [-0.1, -0.05) is 61.4 Å². The predicted molar refractivity (Wildman–Crippen MR) is 172 cm³/mol. The van der Waals surface area contributed by atoms with Crippen molar-refractivity contribution in [3.63, 3.8) is 0 Å². The topological polar surface area (TPSA) is 125 Å². The van der Waals surface area contributed by atoms with Crippen molar-refractivity contribution in [1.82, 2.24) is 20.6 Å². The molecular weight excluding hydrogens is 538 g/mol. The van der Waals surface area contributed by atoms with Crippen molar-refractivity contribution in [3.8, 4) is 5.75 Å². The molecule has 224 valence electrons. The Bertz CT molecular complexity index is 1620. The molecule has 43 heavy (non-hydrogen) atoms. The first kappa shape index (κ1) is 29.9. The molecule has 3 aromatic carbocycles. The number of amides is 2. The van der Waals surface area contributed by atoms with Crippen molar-refractivity contribution in [2.45, 2.75) is 57.6 Å². The second-order valence-electron chi connectivity index (χ2n) is 11.0. The van der Waals surface area contributed by atoms with Crippen molar-refractivity contribution in [1.29, 1.82) is 0 Å². The molecule has 0 saturated carbocycles. The van der Waals surface area contributed by atoms with Gasteiger partial charge < -0.3 is 31.1 Å². The molecular formula is C35H41N5O3. The highest BCUT2D eigenvalue weighted by Crippen LogP contribution is 2.23. The summed E-state index contributed by atoms with van der Waals surface area (Å²) in [6.07, 6.45) is 7.08. The number of rotatable bonds is 16. The molecule has 0 aliphatic heterocycles. The van der Waals surface area contributed by atoms with Gasteiger partial charge in [0.1, 0.15) is 18.4 Å². The summed E-state index contributed by atoms with van der Waals surface area (Å²) < 4.78 is 5.97. The second kappa shape index (κ2) is 15.1. The van der Waals surface area contributed by atoms with Gasteiger partial charge in [-0.05, 0) is 60.2 Å². The summed E-state index contributed by atoms with van der Waals surface area (Å²) in [6, 6.07) is 25.5. The Balaban J connectivity index is 1.17. The number of H-pyrrole nitrogens is 2. The third-order valence-electron chi connectivity index (χ3n) is 7.70. The number of nitrogens with one attached hydrogen (secondary N) is 4. The lowest BCUT2D eigenvalue weighted by atomic mass is 10.0. The van der Waals surface area contributed by atoms with Gasteiger partial charge in [-0.2, -0.15) is 0 Å². The summed E-state index contributed by atoms with van der Waals surface area (Å²) in [5.74, 6) is 0.511. The first-order valence-corrected chi connectivity index (χ1v) is 15.2. The van der Waals surface area contributed by atoms with Crippen LogP contribution in [0.5, 0.6) is 5.75 Å².